The highest BCUT2D eigenvalue weighted by atomic mass is 79.9. The van der Waals surface area contributed by atoms with Gasteiger partial charge in [0.2, 0.25) is 11.8 Å². The molecule has 1 fully saturated rings. The van der Waals surface area contributed by atoms with Gasteiger partial charge in [0.05, 0.1) is 27.0 Å². The van der Waals surface area contributed by atoms with Gasteiger partial charge in [-0.1, -0.05) is 111 Å². The second-order valence-corrected chi connectivity index (χ2v) is 10.7. The summed E-state index contributed by atoms with van der Waals surface area (Å²) in [7, 11) is 0. The predicted octanol–water partition coefficient (Wildman–Crippen LogP) is 5.09. The van der Waals surface area contributed by atoms with Crippen LogP contribution < -0.4 is 0 Å². The van der Waals surface area contributed by atoms with Crippen molar-refractivity contribution in [2.45, 2.75) is 15.2 Å². The Morgan fingerprint density at radius 3 is 1.40 bits per heavy atom. The molecule has 0 spiro atoms. The van der Waals surface area contributed by atoms with Gasteiger partial charge < -0.3 is 0 Å². The van der Waals surface area contributed by atoms with Gasteiger partial charge in [-0.3, -0.25) is 14.5 Å². The minimum atomic E-state index is -0.724. The molecule has 0 saturated carbocycles. The first kappa shape index (κ1) is 18.5. The van der Waals surface area contributed by atoms with Crippen LogP contribution in [0.3, 0.4) is 0 Å². The van der Waals surface area contributed by atoms with Crippen LogP contribution in [0.15, 0.2) is 78.9 Å². The molecule has 2 atom stereocenters. The van der Waals surface area contributed by atoms with Crippen LogP contribution >= 0.6 is 31.9 Å². The molecule has 3 aromatic carbocycles. The summed E-state index contributed by atoms with van der Waals surface area (Å²) >= 11 is 8.04. The second kappa shape index (κ2) is 6.14. The van der Waals surface area contributed by atoms with E-state index in [9.17, 15) is 9.59 Å². The van der Waals surface area contributed by atoms with E-state index in [0.29, 0.717) is 6.54 Å². The highest BCUT2D eigenvalue weighted by molar-refractivity contribution is 9.10. The maximum atomic E-state index is 13.8. The maximum Gasteiger partial charge on any atom is 0.235 e. The van der Waals surface area contributed by atoms with Crippen molar-refractivity contribution >= 4 is 43.7 Å². The number of halogens is 2. The van der Waals surface area contributed by atoms with Crippen LogP contribution in [-0.4, -0.2) is 16.7 Å². The molecule has 148 valence electrons. The number of amides is 2. The number of rotatable bonds is 2. The van der Waals surface area contributed by atoms with Gasteiger partial charge in [-0.15, -0.1) is 0 Å². The van der Waals surface area contributed by atoms with Crippen molar-refractivity contribution in [1.29, 1.82) is 0 Å². The molecule has 7 rings (SSSR count). The van der Waals surface area contributed by atoms with E-state index in [-0.39, 0.29) is 11.8 Å². The molecule has 1 aliphatic heterocycles. The molecule has 3 nitrogen and oxygen atoms in total. The first-order valence-electron chi connectivity index (χ1n) is 9.96. The maximum absolute atomic E-state index is 13.8. The first-order chi connectivity index (χ1) is 14.5. The lowest BCUT2D eigenvalue weighted by Crippen LogP contribution is -2.56. The average Bonchev–Trinajstić information content (AvgIpc) is 3.04. The zero-order chi connectivity index (χ0) is 20.7. The Balaban J connectivity index is 1.59. The van der Waals surface area contributed by atoms with Crippen molar-refractivity contribution in [1.82, 2.24) is 4.90 Å². The molecule has 0 unspecified atom stereocenters. The Morgan fingerprint density at radius 1 is 0.633 bits per heavy atom. The summed E-state index contributed by atoms with van der Waals surface area (Å²) in [5.41, 5.74) is 5.19. The predicted molar refractivity (Wildman–Crippen MR) is 121 cm³/mol. The molecule has 4 aliphatic rings. The Morgan fingerprint density at radius 2 is 1.00 bits per heavy atom. The number of nitrogens with zero attached hydrogens (tertiary/aromatic N) is 1. The van der Waals surface area contributed by atoms with E-state index in [0.717, 1.165) is 27.8 Å². The number of carbonyl (C=O) groups excluding carboxylic acids is 2. The number of alkyl halides is 2. The van der Waals surface area contributed by atoms with Crippen LogP contribution in [0.25, 0.3) is 0 Å². The van der Waals surface area contributed by atoms with E-state index >= 15 is 0 Å². The quantitative estimate of drug-likeness (QED) is 0.347. The molecule has 30 heavy (non-hydrogen) atoms. The fourth-order valence-corrected chi connectivity index (χ4v) is 7.95. The number of hydrogen-bond acceptors (Lipinski definition) is 2. The summed E-state index contributed by atoms with van der Waals surface area (Å²) in [6.07, 6.45) is 0. The third-order valence-electron chi connectivity index (χ3n) is 6.86. The average molecular weight is 523 g/mol. The molecule has 3 aliphatic carbocycles. The number of benzene rings is 3. The Hall–Kier alpha value is -2.24. The third kappa shape index (κ3) is 2.05. The number of imide groups is 1. The van der Waals surface area contributed by atoms with Gasteiger partial charge in [0.1, 0.15) is 0 Å². The van der Waals surface area contributed by atoms with Crippen molar-refractivity contribution in [2.75, 3.05) is 0 Å². The van der Waals surface area contributed by atoms with Crippen LogP contribution in [0.4, 0.5) is 0 Å². The lowest BCUT2D eigenvalue weighted by atomic mass is 9.54. The smallest absolute Gasteiger partial charge is 0.235 e. The molecule has 3 aromatic rings. The lowest BCUT2D eigenvalue weighted by Gasteiger charge is -2.55. The minimum absolute atomic E-state index is 0.112. The van der Waals surface area contributed by atoms with E-state index in [1.54, 1.807) is 0 Å². The minimum Gasteiger partial charge on any atom is -0.277 e. The van der Waals surface area contributed by atoms with Crippen molar-refractivity contribution in [2.24, 2.45) is 11.8 Å². The summed E-state index contributed by atoms with van der Waals surface area (Å²) in [6.45, 7) is 0.296. The van der Waals surface area contributed by atoms with Crippen molar-refractivity contribution in [3.8, 4) is 0 Å². The second-order valence-electron chi connectivity index (χ2n) is 8.22. The van der Waals surface area contributed by atoms with Crippen LogP contribution in [-0.2, 0) is 24.8 Å². The fourth-order valence-electron chi connectivity index (χ4n) is 5.65. The summed E-state index contributed by atoms with van der Waals surface area (Å²) < 4.78 is -1.45. The number of likely N-dealkylation sites (tertiary alicyclic amines) is 1. The molecular formula is C25H17Br2NO2. The van der Waals surface area contributed by atoms with Crippen LogP contribution in [0.5, 0.6) is 0 Å². The van der Waals surface area contributed by atoms with Crippen molar-refractivity contribution < 1.29 is 9.59 Å². The van der Waals surface area contributed by atoms with E-state index in [4.69, 9.17) is 0 Å². The van der Waals surface area contributed by atoms with E-state index < -0.39 is 20.5 Å². The summed E-state index contributed by atoms with van der Waals surface area (Å²) in [5, 5.41) is 0. The zero-order valence-electron chi connectivity index (χ0n) is 15.9. The van der Waals surface area contributed by atoms with Crippen LogP contribution in [0.2, 0.25) is 0 Å². The number of carbonyl (C=O) groups is 2. The summed E-state index contributed by atoms with van der Waals surface area (Å²) in [4.78, 5) is 29.0. The molecule has 5 heteroatoms. The number of hydrogen-bond donors (Lipinski definition) is 0. The summed E-state index contributed by atoms with van der Waals surface area (Å²) in [5.74, 6) is -1.23. The highest BCUT2D eigenvalue weighted by Gasteiger charge is 2.72. The van der Waals surface area contributed by atoms with Gasteiger partial charge >= 0.3 is 0 Å². The van der Waals surface area contributed by atoms with Gasteiger partial charge in [-0.25, -0.2) is 0 Å². The van der Waals surface area contributed by atoms with Crippen LogP contribution in [0, 0.1) is 11.8 Å². The molecule has 0 radical (unpaired) electrons. The molecule has 2 bridgehead atoms. The Kier molecular flexibility index (Phi) is 3.79. The van der Waals surface area contributed by atoms with E-state index in [1.807, 2.05) is 54.6 Å². The topological polar surface area (TPSA) is 37.4 Å². The SMILES string of the molecule is O=C1[C@H]2[C@H](C(=O)N1Cc1ccccc1)C1(Br)c3ccccc3C2(Br)c2ccccc21. The van der Waals surface area contributed by atoms with Gasteiger partial charge in [0.25, 0.3) is 0 Å². The van der Waals surface area contributed by atoms with E-state index in [2.05, 4.69) is 56.1 Å². The Labute approximate surface area is 191 Å². The van der Waals surface area contributed by atoms with Gasteiger partial charge in [-0.05, 0) is 27.8 Å². The highest BCUT2D eigenvalue weighted by Crippen LogP contribution is 2.70. The summed E-state index contributed by atoms with van der Waals surface area (Å²) in [6, 6.07) is 26.0. The zero-order valence-corrected chi connectivity index (χ0v) is 19.1. The first-order valence-corrected chi connectivity index (χ1v) is 11.5. The normalized spacial score (nSPS) is 30.8. The molecule has 0 N–H and O–H groups in total. The van der Waals surface area contributed by atoms with Gasteiger partial charge in [0, 0.05) is 0 Å². The van der Waals surface area contributed by atoms with Crippen molar-refractivity contribution in [3.05, 3.63) is 107 Å². The Bertz CT molecular complexity index is 1100. The van der Waals surface area contributed by atoms with E-state index in [1.165, 1.54) is 4.90 Å². The molecule has 0 aromatic heterocycles. The fraction of sp³-hybridized carbons (Fsp3) is 0.200. The van der Waals surface area contributed by atoms with Crippen LogP contribution in [0.1, 0.15) is 27.8 Å². The monoisotopic (exact) mass is 521 g/mol. The largest absolute Gasteiger partial charge is 0.277 e. The molecular weight excluding hydrogens is 506 g/mol. The molecule has 2 amide bonds. The van der Waals surface area contributed by atoms with Gasteiger partial charge in [-0.2, -0.15) is 0 Å². The molecule has 1 saturated heterocycles. The van der Waals surface area contributed by atoms with Gasteiger partial charge in [0.15, 0.2) is 0 Å². The standard InChI is InChI=1S/C25H17Br2NO2/c26-24-16-10-4-5-11-17(16)25(27,19-13-7-6-12-18(19)24)21-20(24)22(29)28(23(21)30)14-15-8-2-1-3-9-15/h1-13,20-21H,14H2/t20-,21-,24?,25?/m1/s1. The lowest BCUT2D eigenvalue weighted by molar-refractivity contribution is -0.140. The van der Waals surface area contributed by atoms with Crippen molar-refractivity contribution in [3.63, 3.8) is 0 Å². The molecule has 1 heterocycles. The third-order valence-corrected chi connectivity index (χ3v) is 9.56.